The van der Waals surface area contributed by atoms with Gasteiger partial charge in [-0.15, -0.1) is 0 Å². The molecule has 6 nitrogen and oxygen atoms in total. The van der Waals surface area contributed by atoms with Crippen LogP contribution in [0.4, 0.5) is 0 Å². The quantitative estimate of drug-likeness (QED) is 0.862. The highest BCUT2D eigenvalue weighted by atomic mass is 16.5. The molecule has 0 atom stereocenters. The average Bonchev–Trinajstić information content (AvgIpc) is 3.08. The van der Waals surface area contributed by atoms with E-state index < -0.39 is 11.4 Å². The van der Waals surface area contributed by atoms with Gasteiger partial charge < -0.3 is 9.15 Å². The highest BCUT2D eigenvalue weighted by Crippen LogP contribution is 2.40. The minimum atomic E-state index is -0.496. The van der Waals surface area contributed by atoms with Crippen LogP contribution in [-0.2, 0) is 4.74 Å². The first kappa shape index (κ1) is 12.5. The van der Waals surface area contributed by atoms with Crippen molar-refractivity contribution in [2.24, 2.45) is 5.41 Å². The van der Waals surface area contributed by atoms with Crippen LogP contribution in [0, 0.1) is 16.7 Å². The molecule has 0 unspecified atom stereocenters. The molecule has 0 radical (unpaired) electrons. The monoisotopic (exact) mass is 271 g/mol. The molecule has 6 heteroatoms. The maximum Gasteiger partial charge on any atom is 0.342 e. The molecule has 0 bridgehead atoms. The second-order valence-corrected chi connectivity index (χ2v) is 4.96. The van der Waals surface area contributed by atoms with E-state index in [0.717, 1.165) is 19.3 Å². The van der Waals surface area contributed by atoms with Crippen molar-refractivity contribution in [3.05, 3.63) is 30.2 Å². The molecule has 2 aromatic rings. The summed E-state index contributed by atoms with van der Waals surface area (Å²) >= 11 is 0. The minimum Gasteiger partial charge on any atom is -0.463 e. The number of aromatic nitrogens is 2. The summed E-state index contributed by atoms with van der Waals surface area (Å²) in [5.41, 5.74) is 0.302. The number of aromatic amines is 1. The second kappa shape index (κ2) is 4.85. The Kier molecular flexibility index (Phi) is 3.03. The number of nitriles is 1. The molecule has 1 N–H and O–H groups in total. The fourth-order valence-corrected chi connectivity index (χ4v) is 2.22. The van der Waals surface area contributed by atoms with E-state index in [1.807, 2.05) is 0 Å². The van der Waals surface area contributed by atoms with Crippen LogP contribution in [0.15, 0.2) is 29.0 Å². The number of carbonyl (C=O) groups excluding carboxylic acids is 1. The maximum atomic E-state index is 12.1. The standard InChI is InChI=1S/C14H13N3O3/c15-8-14(4-2-5-14)9-20-13(18)10-7-16-17-12(10)11-3-1-6-19-11/h1,3,6-7H,2,4-5,9H2,(H,16,17). The van der Waals surface area contributed by atoms with Crippen molar-refractivity contribution in [3.63, 3.8) is 0 Å². The van der Waals surface area contributed by atoms with Gasteiger partial charge in [0.1, 0.15) is 17.9 Å². The molecule has 0 aliphatic heterocycles. The summed E-state index contributed by atoms with van der Waals surface area (Å²) in [4.78, 5) is 12.1. The van der Waals surface area contributed by atoms with Crippen LogP contribution in [0.2, 0.25) is 0 Å². The lowest BCUT2D eigenvalue weighted by Gasteiger charge is -2.34. The number of rotatable bonds is 4. The fraction of sp³-hybridized carbons (Fsp3) is 0.357. The summed E-state index contributed by atoms with van der Waals surface area (Å²) in [6, 6.07) is 5.69. The van der Waals surface area contributed by atoms with Crippen LogP contribution < -0.4 is 0 Å². The lowest BCUT2D eigenvalue weighted by Crippen LogP contribution is -2.33. The fourth-order valence-electron chi connectivity index (χ4n) is 2.22. The number of furan rings is 1. The van der Waals surface area contributed by atoms with E-state index in [4.69, 9.17) is 14.4 Å². The van der Waals surface area contributed by atoms with Crippen LogP contribution in [-0.4, -0.2) is 22.8 Å². The summed E-state index contributed by atoms with van der Waals surface area (Å²) in [6.45, 7) is 0.130. The van der Waals surface area contributed by atoms with Gasteiger partial charge >= 0.3 is 5.97 Å². The van der Waals surface area contributed by atoms with Gasteiger partial charge in [0.05, 0.1) is 23.9 Å². The number of nitrogens with one attached hydrogen (secondary N) is 1. The van der Waals surface area contributed by atoms with Crippen molar-refractivity contribution in [3.8, 4) is 17.5 Å². The van der Waals surface area contributed by atoms with Gasteiger partial charge in [0.25, 0.3) is 0 Å². The minimum absolute atomic E-state index is 0.130. The van der Waals surface area contributed by atoms with E-state index >= 15 is 0 Å². The Bertz CT molecular complexity index is 648. The van der Waals surface area contributed by atoms with Gasteiger partial charge in [-0.05, 0) is 25.0 Å². The molecular formula is C14H13N3O3. The highest BCUT2D eigenvalue weighted by Gasteiger charge is 2.39. The predicted molar refractivity (Wildman–Crippen MR) is 68.5 cm³/mol. The van der Waals surface area contributed by atoms with Gasteiger partial charge in [-0.3, -0.25) is 5.10 Å². The molecule has 3 rings (SSSR count). The first-order valence-electron chi connectivity index (χ1n) is 6.40. The Morgan fingerprint density at radius 3 is 3.05 bits per heavy atom. The normalized spacial score (nSPS) is 16.1. The van der Waals surface area contributed by atoms with Crippen molar-refractivity contribution >= 4 is 5.97 Å². The summed E-state index contributed by atoms with van der Waals surface area (Å²) in [6.07, 6.45) is 5.50. The molecule has 1 saturated carbocycles. The van der Waals surface area contributed by atoms with Crippen LogP contribution in [0.3, 0.4) is 0 Å². The van der Waals surface area contributed by atoms with E-state index in [2.05, 4.69) is 16.3 Å². The topological polar surface area (TPSA) is 91.9 Å². The van der Waals surface area contributed by atoms with Gasteiger partial charge in [-0.1, -0.05) is 6.42 Å². The summed E-state index contributed by atoms with van der Waals surface area (Å²) < 4.78 is 10.5. The highest BCUT2D eigenvalue weighted by molar-refractivity contribution is 5.95. The van der Waals surface area contributed by atoms with Crippen molar-refractivity contribution in [1.29, 1.82) is 5.26 Å². The van der Waals surface area contributed by atoms with Gasteiger partial charge in [-0.2, -0.15) is 10.4 Å². The van der Waals surface area contributed by atoms with Crippen molar-refractivity contribution in [2.75, 3.05) is 6.61 Å². The zero-order chi connectivity index (χ0) is 14.0. The first-order chi connectivity index (χ1) is 9.74. The number of ether oxygens (including phenoxy) is 1. The van der Waals surface area contributed by atoms with Gasteiger partial charge in [0, 0.05) is 0 Å². The first-order valence-corrected chi connectivity index (χ1v) is 6.40. The van der Waals surface area contributed by atoms with Crippen LogP contribution in [0.1, 0.15) is 29.6 Å². The average molecular weight is 271 g/mol. The Balaban J connectivity index is 1.72. The molecule has 2 aromatic heterocycles. The number of carbonyl (C=O) groups is 1. The maximum absolute atomic E-state index is 12.1. The molecule has 0 aromatic carbocycles. The van der Waals surface area contributed by atoms with Crippen molar-refractivity contribution < 1.29 is 13.9 Å². The number of hydrogen-bond acceptors (Lipinski definition) is 5. The number of hydrogen-bond donors (Lipinski definition) is 1. The van der Waals surface area contributed by atoms with Crippen LogP contribution in [0.5, 0.6) is 0 Å². The van der Waals surface area contributed by atoms with E-state index in [1.165, 1.54) is 12.5 Å². The Morgan fingerprint density at radius 1 is 1.60 bits per heavy atom. The van der Waals surface area contributed by atoms with Crippen molar-refractivity contribution in [2.45, 2.75) is 19.3 Å². The SMILES string of the molecule is N#CC1(COC(=O)c2cn[nH]c2-c2ccco2)CCC1. The van der Waals surface area contributed by atoms with Gasteiger partial charge in [0.15, 0.2) is 5.76 Å². The van der Waals surface area contributed by atoms with E-state index in [-0.39, 0.29) is 6.61 Å². The molecule has 1 aliphatic rings. The second-order valence-electron chi connectivity index (χ2n) is 4.96. The molecule has 0 saturated heterocycles. The van der Waals surface area contributed by atoms with E-state index in [1.54, 1.807) is 12.1 Å². The zero-order valence-corrected chi connectivity index (χ0v) is 10.8. The number of H-pyrrole nitrogens is 1. The molecule has 0 spiro atoms. The van der Waals surface area contributed by atoms with Gasteiger partial charge in [0.2, 0.25) is 0 Å². The molecule has 20 heavy (non-hydrogen) atoms. The molecule has 1 fully saturated rings. The summed E-state index contributed by atoms with van der Waals surface area (Å²) in [5, 5.41) is 15.7. The number of esters is 1. The Labute approximate surface area is 115 Å². The molecular weight excluding hydrogens is 258 g/mol. The summed E-state index contributed by atoms with van der Waals surface area (Å²) in [5.74, 6) is 0.0276. The van der Waals surface area contributed by atoms with Crippen LogP contribution in [0.25, 0.3) is 11.5 Å². The predicted octanol–water partition coefficient (Wildman–Crippen LogP) is 2.52. The van der Waals surface area contributed by atoms with Crippen molar-refractivity contribution in [1.82, 2.24) is 10.2 Å². The molecule has 102 valence electrons. The Hall–Kier alpha value is -2.55. The third kappa shape index (κ3) is 2.07. The lowest BCUT2D eigenvalue weighted by atomic mass is 9.71. The third-order valence-electron chi connectivity index (χ3n) is 3.65. The molecule has 1 aliphatic carbocycles. The summed E-state index contributed by atoms with van der Waals surface area (Å²) in [7, 11) is 0. The number of nitrogens with zero attached hydrogens (tertiary/aromatic N) is 2. The lowest BCUT2D eigenvalue weighted by molar-refractivity contribution is 0.0229. The molecule has 2 heterocycles. The van der Waals surface area contributed by atoms with Gasteiger partial charge in [-0.25, -0.2) is 4.79 Å². The molecule has 0 amide bonds. The smallest absolute Gasteiger partial charge is 0.342 e. The van der Waals surface area contributed by atoms with Crippen LogP contribution >= 0.6 is 0 Å². The van der Waals surface area contributed by atoms with E-state index in [9.17, 15) is 4.79 Å². The Morgan fingerprint density at radius 2 is 2.45 bits per heavy atom. The largest absolute Gasteiger partial charge is 0.463 e. The van der Waals surface area contributed by atoms with E-state index in [0.29, 0.717) is 17.0 Å². The third-order valence-corrected chi connectivity index (χ3v) is 3.65. The zero-order valence-electron chi connectivity index (χ0n) is 10.8.